The van der Waals surface area contributed by atoms with E-state index in [0.717, 1.165) is 16.7 Å². The second kappa shape index (κ2) is 8.44. The van der Waals surface area contributed by atoms with Gasteiger partial charge in [0.25, 0.3) is 11.5 Å². The third kappa shape index (κ3) is 4.53. The average Bonchev–Trinajstić information content (AvgIpc) is 2.70. The lowest BCUT2D eigenvalue weighted by Gasteiger charge is -2.10. The van der Waals surface area contributed by atoms with Gasteiger partial charge in [-0.25, -0.2) is 4.79 Å². The lowest BCUT2D eigenvalue weighted by Crippen LogP contribution is -2.34. The molecule has 0 radical (unpaired) electrons. The van der Waals surface area contributed by atoms with Gasteiger partial charge in [-0.15, -0.1) is 0 Å². The summed E-state index contributed by atoms with van der Waals surface area (Å²) in [6.45, 7) is 2.05. The van der Waals surface area contributed by atoms with Crippen molar-refractivity contribution in [1.29, 1.82) is 0 Å². The molecule has 0 saturated carbocycles. The van der Waals surface area contributed by atoms with Crippen molar-refractivity contribution in [3.05, 3.63) is 74.4 Å². The lowest BCUT2D eigenvalue weighted by atomic mass is 10.1. The number of aromatic nitrogens is 2. The summed E-state index contributed by atoms with van der Waals surface area (Å²) in [5.41, 5.74) is -1.28. The van der Waals surface area contributed by atoms with E-state index in [1.54, 1.807) is 6.92 Å². The van der Waals surface area contributed by atoms with Gasteiger partial charge < -0.3 is 15.0 Å². The number of amides is 1. The molecule has 0 aliphatic carbocycles. The number of fused-ring (bicyclic) bond motifs is 1. The number of carbonyl (C=O) groups is 1. The molecule has 0 aliphatic rings. The molecule has 2 N–H and O–H groups in total. The summed E-state index contributed by atoms with van der Waals surface area (Å²) in [6.07, 6.45) is -4.42. The first-order valence-corrected chi connectivity index (χ1v) is 9.06. The number of carbonyl (C=O) groups excluding carboxylic acids is 1. The van der Waals surface area contributed by atoms with E-state index in [0.29, 0.717) is 5.39 Å². The zero-order valence-corrected chi connectivity index (χ0v) is 15.9. The predicted molar refractivity (Wildman–Crippen MR) is 104 cm³/mol. The third-order valence-corrected chi connectivity index (χ3v) is 4.40. The normalized spacial score (nSPS) is 11.5. The molecule has 3 aromatic rings. The fourth-order valence-electron chi connectivity index (χ4n) is 2.86. The Morgan fingerprint density at radius 2 is 1.83 bits per heavy atom. The number of nitrogens with zero attached hydrogens (tertiary/aromatic N) is 1. The largest absolute Gasteiger partial charge is 0.492 e. The van der Waals surface area contributed by atoms with Crippen LogP contribution in [-0.2, 0) is 12.7 Å². The minimum Gasteiger partial charge on any atom is -0.492 e. The van der Waals surface area contributed by atoms with Crippen LogP contribution in [0.3, 0.4) is 0 Å². The molecule has 3 rings (SSSR count). The number of rotatable bonds is 6. The Morgan fingerprint density at radius 1 is 1.13 bits per heavy atom. The highest BCUT2D eigenvalue weighted by Crippen LogP contribution is 2.30. The molecule has 1 amide bonds. The number of alkyl halides is 3. The molecular weight excluding hydrogens is 403 g/mol. The lowest BCUT2D eigenvalue weighted by molar-refractivity contribution is -0.137. The molecule has 0 unspecified atom stereocenters. The molecule has 158 valence electrons. The van der Waals surface area contributed by atoms with Crippen LogP contribution in [-0.4, -0.2) is 28.6 Å². The van der Waals surface area contributed by atoms with E-state index in [2.05, 4.69) is 10.3 Å². The molecule has 0 saturated heterocycles. The van der Waals surface area contributed by atoms with Crippen LogP contribution < -0.4 is 21.3 Å². The first-order chi connectivity index (χ1) is 14.2. The molecule has 0 atom stereocenters. The van der Waals surface area contributed by atoms with E-state index in [1.807, 2.05) is 0 Å². The van der Waals surface area contributed by atoms with Crippen molar-refractivity contribution >= 4 is 16.8 Å². The zero-order valence-electron chi connectivity index (χ0n) is 15.9. The Morgan fingerprint density at radius 3 is 2.47 bits per heavy atom. The number of H-pyrrole nitrogens is 1. The van der Waals surface area contributed by atoms with E-state index in [1.165, 1.54) is 30.3 Å². The van der Waals surface area contributed by atoms with Gasteiger partial charge in [0.2, 0.25) is 0 Å². The maximum absolute atomic E-state index is 12.5. The fourth-order valence-corrected chi connectivity index (χ4v) is 2.86. The Balaban J connectivity index is 1.60. The summed E-state index contributed by atoms with van der Waals surface area (Å²) in [4.78, 5) is 39.0. The van der Waals surface area contributed by atoms with Crippen molar-refractivity contribution < 1.29 is 22.7 Å². The van der Waals surface area contributed by atoms with Gasteiger partial charge in [-0.3, -0.25) is 14.2 Å². The molecule has 0 spiro atoms. The van der Waals surface area contributed by atoms with Gasteiger partial charge in [0, 0.05) is 12.1 Å². The van der Waals surface area contributed by atoms with E-state index in [-0.39, 0.29) is 36.5 Å². The number of benzene rings is 2. The smallest absolute Gasteiger partial charge is 0.416 e. The van der Waals surface area contributed by atoms with Crippen LogP contribution in [0.2, 0.25) is 0 Å². The standard InChI is InChI=1S/C20H18F3N3O4/c1-2-26-18(28)15-8-3-12(11-16(15)25-19(26)29)17(27)24-9-10-30-14-6-4-13(5-7-14)20(21,22)23/h3-8,11H,2,9-10H2,1H3,(H,24,27)(H,25,29). The summed E-state index contributed by atoms with van der Waals surface area (Å²) in [5, 5.41) is 2.89. The maximum atomic E-state index is 12.5. The molecule has 0 fully saturated rings. The van der Waals surface area contributed by atoms with Crippen molar-refractivity contribution in [3.63, 3.8) is 0 Å². The number of hydrogen-bond donors (Lipinski definition) is 2. The minimum atomic E-state index is -4.42. The van der Waals surface area contributed by atoms with E-state index >= 15 is 0 Å². The summed E-state index contributed by atoms with van der Waals surface area (Å²) < 4.78 is 44.0. The van der Waals surface area contributed by atoms with Crippen LogP contribution in [0.1, 0.15) is 22.8 Å². The van der Waals surface area contributed by atoms with Gasteiger partial charge in [0.15, 0.2) is 0 Å². The van der Waals surface area contributed by atoms with Crippen molar-refractivity contribution in [2.75, 3.05) is 13.2 Å². The second-order valence-electron chi connectivity index (χ2n) is 6.37. The quantitative estimate of drug-likeness (QED) is 0.599. The Hall–Kier alpha value is -3.56. The Kier molecular flexibility index (Phi) is 5.95. The zero-order chi connectivity index (χ0) is 21.9. The number of halogens is 3. The number of hydrogen-bond acceptors (Lipinski definition) is 4. The molecule has 1 aromatic heterocycles. The minimum absolute atomic E-state index is 0.0444. The maximum Gasteiger partial charge on any atom is 0.416 e. The Bertz CT molecular complexity index is 1180. The van der Waals surface area contributed by atoms with Crippen molar-refractivity contribution in [1.82, 2.24) is 14.9 Å². The van der Waals surface area contributed by atoms with Crippen LogP contribution in [0.15, 0.2) is 52.1 Å². The molecule has 0 aliphatic heterocycles. The number of nitrogens with one attached hydrogen (secondary N) is 2. The van der Waals surface area contributed by atoms with Crippen molar-refractivity contribution in [2.24, 2.45) is 0 Å². The van der Waals surface area contributed by atoms with Crippen LogP contribution in [0.4, 0.5) is 13.2 Å². The van der Waals surface area contributed by atoms with E-state index in [9.17, 15) is 27.6 Å². The monoisotopic (exact) mass is 421 g/mol. The van der Waals surface area contributed by atoms with Crippen LogP contribution >= 0.6 is 0 Å². The fraction of sp³-hybridized carbons (Fsp3) is 0.250. The average molecular weight is 421 g/mol. The molecule has 1 heterocycles. The molecule has 0 bridgehead atoms. The van der Waals surface area contributed by atoms with Crippen molar-refractivity contribution in [3.8, 4) is 5.75 Å². The predicted octanol–water partition coefficient (Wildman–Crippen LogP) is 2.54. The van der Waals surface area contributed by atoms with Gasteiger partial charge in [0.05, 0.1) is 23.0 Å². The van der Waals surface area contributed by atoms with Gasteiger partial charge in [-0.05, 0) is 49.4 Å². The SMILES string of the molecule is CCn1c(=O)[nH]c2cc(C(=O)NCCOc3ccc(C(F)(F)F)cc3)ccc2c1=O. The van der Waals surface area contributed by atoms with Gasteiger partial charge in [-0.2, -0.15) is 13.2 Å². The molecule has 10 heteroatoms. The second-order valence-corrected chi connectivity index (χ2v) is 6.37. The summed E-state index contributed by atoms with van der Waals surface area (Å²) in [5.74, 6) is -0.207. The highest BCUT2D eigenvalue weighted by molar-refractivity contribution is 5.97. The molecule has 7 nitrogen and oxygen atoms in total. The molecule has 30 heavy (non-hydrogen) atoms. The van der Waals surface area contributed by atoms with Gasteiger partial charge in [-0.1, -0.05) is 0 Å². The first-order valence-electron chi connectivity index (χ1n) is 9.06. The Labute approximate surface area is 168 Å². The van der Waals surface area contributed by atoms with E-state index < -0.39 is 28.9 Å². The topological polar surface area (TPSA) is 93.2 Å². The van der Waals surface area contributed by atoms with E-state index in [4.69, 9.17) is 4.74 Å². The third-order valence-electron chi connectivity index (χ3n) is 4.40. The summed E-state index contributed by atoms with van der Waals surface area (Å²) >= 11 is 0. The van der Waals surface area contributed by atoms with Gasteiger partial charge in [0.1, 0.15) is 12.4 Å². The molecule has 2 aromatic carbocycles. The van der Waals surface area contributed by atoms with Crippen LogP contribution in [0.5, 0.6) is 5.75 Å². The highest BCUT2D eigenvalue weighted by Gasteiger charge is 2.30. The molecular formula is C20H18F3N3O4. The van der Waals surface area contributed by atoms with Gasteiger partial charge >= 0.3 is 11.9 Å². The van der Waals surface area contributed by atoms with Crippen LogP contribution in [0, 0.1) is 0 Å². The summed E-state index contributed by atoms with van der Waals surface area (Å²) in [7, 11) is 0. The summed E-state index contributed by atoms with van der Waals surface area (Å²) in [6, 6.07) is 8.57. The number of aromatic amines is 1. The van der Waals surface area contributed by atoms with Crippen molar-refractivity contribution in [2.45, 2.75) is 19.6 Å². The highest BCUT2D eigenvalue weighted by atomic mass is 19.4. The first kappa shape index (κ1) is 21.2. The van der Waals surface area contributed by atoms with Crippen LogP contribution in [0.25, 0.3) is 10.9 Å². The number of ether oxygens (including phenoxy) is 1.